The zero-order valence-corrected chi connectivity index (χ0v) is 13.3. The number of piperidine rings is 1. The number of hydrogen-bond donors (Lipinski definition) is 1. The molecule has 1 aromatic heterocycles. The maximum Gasteiger partial charge on any atom is 0.291 e. The van der Waals surface area contributed by atoms with E-state index in [0.29, 0.717) is 22.7 Å². The van der Waals surface area contributed by atoms with Crippen molar-refractivity contribution in [3.05, 3.63) is 21.6 Å². The summed E-state index contributed by atoms with van der Waals surface area (Å²) in [6.07, 6.45) is 6.10. The van der Waals surface area contributed by atoms with Crippen molar-refractivity contribution in [3.8, 4) is 0 Å². The number of likely N-dealkylation sites (tertiary alicyclic amines) is 1. The Balaban J connectivity index is 1.70. The van der Waals surface area contributed by atoms with Crippen LogP contribution in [0.3, 0.4) is 0 Å². The number of halogens is 1. The summed E-state index contributed by atoms with van der Waals surface area (Å²) in [5, 5.41) is 7.96. The molecule has 1 saturated heterocycles. The highest BCUT2D eigenvalue weighted by Crippen LogP contribution is 2.30. The van der Waals surface area contributed by atoms with Crippen LogP contribution in [0.25, 0.3) is 0 Å². The van der Waals surface area contributed by atoms with Crippen LogP contribution in [0.2, 0.25) is 5.02 Å². The average Bonchev–Trinajstić information content (AvgIpc) is 3.31. The van der Waals surface area contributed by atoms with E-state index >= 15 is 0 Å². The van der Waals surface area contributed by atoms with E-state index in [0.717, 1.165) is 39.0 Å². The second kappa shape index (κ2) is 6.36. The number of nitrogens with one attached hydrogen (secondary N) is 1. The molecule has 1 saturated carbocycles. The zero-order valence-electron chi connectivity index (χ0n) is 12.5. The van der Waals surface area contributed by atoms with E-state index in [9.17, 15) is 4.79 Å². The van der Waals surface area contributed by atoms with Gasteiger partial charge in [-0.2, -0.15) is 5.10 Å². The second-order valence-corrected chi connectivity index (χ2v) is 6.56. The summed E-state index contributed by atoms with van der Waals surface area (Å²) in [5.41, 5.74) is 0.453. The molecule has 3 rings (SSSR count). The number of aromatic nitrogens is 2. The Morgan fingerprint density at radius 2 is 2.05 bits per heavy atom. The maximum atomic E-state index is 12.5. The molecule has 1 aromatic rings. The molecule has 0 aromatic carbocycles. The first-order chi connectivity index (χ1) is 10.2. The fraction of sp³-hybridized carbons (Fsp3) is 0.733. The Labute approximate surface area is 130 Å². The van der Waals surface area contributed by atoms with Crippen molar-refractivity contribution in [2.45, 2.75) is 45.2 Å². The summed E-state index contributed by atoms with van der Waals surface area (Å²) in [7, 11) is 0. The van der Waals surface area contributed by atoms with Crippen molar-refractivity contribution in [1.29, 1.82) is 0 Å². The lowest BCUT2D eigenvalue weighted by Gasteiger charge is -2.32. The average molecular weight is 311 g/mol. The standard InChI is InChI=1S/C15H23ClN4O/c1-2-19-7-5-12(6-8-19)18-14-13(16)9-17-20(15(14)21)10-11-3-4-11/h9,11-12,18H,2-8,10H2,1H3. The third-order valence-corrected chi connectivity index (χ3v) is 4.80. The van der Waals surface area contributed by atoms with Gasteiger partial charge >= 0.3 is 0 Å². The van der Waals surface area contributed by atoms with Crippen LogP contribution in [-0.4, -0.2) is 40.4 Å². The molecule has 1 aliphatic carbocycles. The SMILES string of the molecule is CCN1CCC(Nc2c(Cl)cnn(CC3CC3)c2=O)CC1. The summed E-state index contributed by atoms with van der Waals surface area (Å²) in [6, 6.07) is 0.328. The molecule has 116 valence electrons. The van der Waals surface area contributed by atoms with E-state index in [1.54, 1.807) is 10.9 Å². The van der Waals surface area contributed by atoms with Crippen LogP contribution in [0.1, 0.15) is 32.6 Å². The molecular weight excluding hydrogens is 288 g/mol. The normalized spacial score (nSPS) is 20.7. The van der Waals surface area contributed by atoms with Crippen molar-refractivity contribution in [2.24, 2.45) is 5.92 Å². The van der Waals surface area contributed by atoms with Crippen LogP contribution >= 0.6 is 11.6 Å². The molecule has 0 amide bonds. The molecule has 0 spiro atoms. The minimum absolute atomic E-state index is 0.0766. The smallest absolute Gasteiger partial charge is 0.291 e. The van der Waals surface area contributed by atoms with Gasteiger partial charge in [0.1, 0.15) is 5.69 Å². The van der Waals surface area contributed by atoms with E-state index < -0.39 is 0 Å². The molecule has 1 N–H and O–H groups in total. The second-order valence-electron chi connectivity index (χ2n) is 6.15. The molecule has 2 heterocycles. The maximum absolute atomic E-state index is 12.5. The molecule has 5 nitrogen and oxygen atoms in total. The fourth-order valence-electron chi connectivity index (χ4n) is 2.87. The molecule has 2 fully saturated rings. The van der Waals surface area contributed by atoms with E-state index in [-0.39, 0.29) is 5.56 Å². The van der Waals surface area contributed by atoms with Gasteiger partial charge < -0.3 is 10.2 Å². The third-order valence-electron chi connectivity index (χ3n) is 4.51. The Morgan fingerprint density at radius 3 is 2.67 bits per heavy atom. The molecule has 1 aliphatic heterocycles. The summed E-state index contributed by atoms with van der Waals surface area (Å²) < 4.78 is 1.56. The van der Waals surface area contributed by atoms with Gasteiger partial charge in [-0.25, -0.2) is 4.68 Å². The summed E-state index contributed by atoms with van der Waals surface area (Å²) in [5.74, 6) is 0.622. The quantitative estimate of drug-likeness (QED) is 0.906. The predicted octanol–water partition coefficient (Wildman–Crippen LogP) is 2.20. The highest BCUT2D eigenvalue weighted by atomic mass is 35.5. The van der Waals surface area contributed by atoms with Crippen molar-refractivity contribution in [3.63, 3.8) is 0 Å². The summed E-state index contributed by atoms with van der Waals surface area (Å²) in [4.78, 5) is 14.9. The molecule has 21 heavy (non-hydrogen) atoms. The first-order valence-electron chi connectivity index (χ1n) is 7.92. The predicted molar refractivity (Wildman–Crippen MR) is 85.0 cm³/mol. The van der Waals surface area contributed by atoms with Crippen LogP contribution in [0.5, 0.6) is 0 Å². The van der Waals surface area contributed by atoms with Gasteiger partial charge in [0, 0.05) is 25.7 Å². The first-order valence-corrected chi connectivity index (χ1v) is 8.29. The van der Waals surface area contributed by atoms with Gasteiger partial charge in [0.15, 0.2) is 0 Å². The lowest BCUT2D eigenvalue weighted by molar-refractivity contribution is 0.229. The highest BCUT2D eigenvalue weighted by molar-refractivity contribution is 6.33. The minimum atomic E-state index is -0.0766. The van der Waals surface area contributed by atoms with Crippen LogP contribution in [0.4, 0.5) is 5.69 Å². The molecule has 6 heteroatoms. The van der Waals surface area contributed by atoms with Gasteiger partial charge in [0.2, 0.25) is 0 Å². The third kappa shape index (κ3) is 3.58. The van der Waals surface area contributed by atoms with Gasteiger partial charge in [-0.1, -0.05) is 18.5 Å². The summed E-state index contributed by atoms with van der Waals surface area (Å²) >= 11 is 6.18. The van der Waals surface area contributed by atoms with Crippen LogP contribution in [-0.2, 0) is 6.54 Å². The van der Waals surface area contributed by atoms with Crippen LogP contribution in [0, 0.1) is 5.92 Å². The Kier molecular flexibility index (Phi) is 4.50. The lowest BCUT2D eigenvalue weighted by atomic mass is 10.0. The fourth-order valence-corrected chi connectivity index (χ4v) is 3.05. The Hall–Kier alpha value is -1.07. The number of nitrogens with zero attached hydrogens (tertiary/aromatic N) is 3. The monoisotopic (exact) mass is 310 g/mol. The van der Waals surface area contributed by atoms with Crippen molar-refractivity contribution < 1.29 is 0 Å². The van der Waals surface area contributed by atoms with Gasteiger partial charge in [0.05, 0.1) is 11.2 Å². The topological polar surface area (TPSA) is 50.2 Å². The molecule has 0 atom stereocenters. The van der Waals surface area contributed by atoms with Gasteiger partial charge in [-0.15, -0.1) is 0 Å². The number of hydrogen-bond acceptors (Lipinski definition) is 4. The molecule has 0 bridgehead atoms. The molecular formula is C15H23ClN4O. The minimum Gasteiger partial charge on any atom is -0.376 e. The zero-order chi connectivity index (χ0) is 14.8. The largest absolute Gasteiger partial charge is 0.376 e. The van der Waals surface area contributed by atoms with Gasteiger partial charge in [-0.3, -0.25) is 4.79 Å². The molecule has 0 radical (unpaired) electrons. The number of anilines is 1. The Bertz CT molecular complexity index is 547. The van der Waals surface area contributed by atoms with Crippen LogP contribution < -0.4 is 10.9 Å². The van der Waals surface area contributed by atoms with Crippen molar-refractivity contribution >= 4 is 17.3 Å². The molecule has 2 aliphatic rings. The van der Waals surface area contributed by atoms with E-state index in [1.165, 1.54) is 12.8 Å². The van der Waals surface area contributed by atoms with Gasteiger partial charge in [-0.05, 0) is 38.1 Å². The van der Waals surface area contributed by atoms with E-state index in [4.69, 9.17) is 11.6 Å². The van der Waals surface area contributed by atoms with E-state index in [2.05, 4.69) is 22.2 Å². The van der Waals surface area contributed by atoms with Gasteiger partial charge in [0.25, 0.3) is 5.56 Å². The van der Waals surface area contributed by atoms with E-state index in [1.807, 2.05) is 0 Å². The van der Waals surface area contributed by atoms with Crippen LogP contribution in [0.15, 0.2) is 11.0 Å². The highest BCUT2D eigenvalue weighted by Gasteiger charge is 2.25. The Morgan fingerprint density at radius 1 is 1.33 bits per heavy atom. The number of rotatable bonds is 5. The van der Waals surface area contributed by atoms with Crippen molar-refractivity contribution in [1.82, 2.24) is 14.7 Å². The molecule has 0 unspecified atom stereocenters. The summed E-state index contributed by atoms with van der Waals surface area (Å²) in [6.45, 7) is 6.15. The lowest BCUT2D eigenvalue weighted by Crippen LogP contribution is -2.40. The first kappa shape index (κ1) is 14.9. The van der Waals surface area contributed by atoms with Crippen molar-refractivity contribution in [2.75, 3.05) is 25.0 Å².